The van der Waals surface area contributed by atoms with Gasteiger partial charge in [-0.1, -0.05) is 30.0 Å². The van der Waals surface area contributed by atoms with Crippen LogP contribution in [0, 0.1) is 0 Å². The van der Waals surface area contributed by atoms with Crippen molar-refractivity contribution in [2.24, 2.45) is 4.99 Å². The monoisotopic (exact) mass is 492 g/mol. The molecule has 0 bridgehead atoms. The largest absolute Gasteiger partial charge is 0.497 e. The summed E-state index contributed by atoms with van der Waals surface area (Å²) in [4.78, 5) is 36.9. The van der Waals surface area contributed by atoms with Crippen molar-refractivity contribution in [1.82, 2.24) is 15.2 Å². The van der Waals surface area contributed by atoms with Gasteiger partial charge in [0, 0.05) is 11.9 Å². The minimum absolute atomic E-state index is 0.136. The van der Waals surface area contributed by atoms with Crippen LogP contribution >= 0.6 is 11.8 Å². The Bertz CT molecular complexity index is 1190. The second-order valence-corrected chi connectivity index (χ2v) is 9.23. The average molecular weight is 493 g/mol. The fourth-order valence-corrected chi connectivity index (χ4v) is 4.89. The maximum atomic E-state index is 13.2. The zero-order valence-electron chi connectivity index (χ0n) is 20.1. The van der Waals surface area contributed by atoms with E-state index in [1.807, 2.05) is 73.5 Å². The summed E-state index contributed by atoms with van der Waals surface area (Å²) < 4.78 is 10.9. The van der Waals surface area contributed by atoms with Crippen LogP contribution in [0.3, 0.4) is 0 Å². The maximum absolute atomic E-state index is 13.2. The van der Waals surface area contributed by atoms with Crippen molar-refractivity contribution in [1.29, 1.82) is 0 Å². The summed E-state index contributed by atoms with van der Waals surface area (Å²) in [6, 6.07) is 12.6. The fourth-order valence-electron chi connectivity index (χ4n) is 3.93. The van der Waals surface area contributed by atoms with E-state index >= 15 is 0 Å². The molecule has 0 radical (unpaired) electrons. The first kappa shape index (κ1) is 24.5. The number of carbonyl (C=O) groups excluding carboxylic acids is 2. The molecule has 0 saturated carbocycles. The predicted octanol–water partition coefficient (Wildman–Crippen LogP) is 4.32. The number of nitrogens with one attached hydrogen (secondary N) is 1. The van der Waals surface area contributed by atoms with Gasteiger partial charge in [-0.15, -0.1) is 0 Å². The Balaban J connectivity index is 1.62. The highest BCUT2D eigenvalue weighted by atomic mass is 32.2. The topological polar surface area (TPSA) is 93.1 Å². The van der Waals surface area contributed by atoms with E-state index in [0.717, 1.165) is 22.1 Å². The Hall–Kier alpha value is -3.59. The lowest BCUT2D eigenvalue weighted by Gasteiger charge is -2.36. The summed E-state index contributed by atoms with van der Waals surface area (Å²) in [7, 11) is 1.61. The van der Waals surface area contributed by atoms with Crippen LogP contribution in [0.2, 0.25) is 0 Å². The number of hydrogen-bond acceptors (Lipinski definition) is 8. The first-order valence-corrected chi connectivity index (χ1v) is 12.2. The van der Waals surface area contributed by atoms with Crippen molar-refractivity contribution in [3.63, 3.8) is 0 Å². The molecule has 8 nitrogen and oxygen atoms in total. The van der Waals surface area contributed by atoms with E-state index in [0.29, 0.717) is 23.6 Å². The van der Waals surface area contributed by atoms with Crippen molar-refractivity contribution in [2.75, 3.05) is 7.11 Å². The molecule has 0 spiro atoms. The first-order valence-electron chi connectivity index (χ1n) is 11.3. The number of aliphatic imine (C=N–C) groups is 1. The Kier molecular flexibility index (Phi) is 7.55. The van der Waals surface area contributed by atoms with Crippen LogP contribution in [0.4, 0.5) is 0 Å². The number of aromatic nitrogens is 1. The molecule has 1 atom stereocenters. The lowest BCUT2D eigenvalue weighted by Crippen LogP contribution is -2.38. The standard InChI is InChI=1S/C26H28N4O4S/c1-16(2)34-25(32)23-17(3)29-26-30(24(23)18-8-10-21(33-4)11-9-18)20(15-35-26)13-22(31)28-14-19-7-5-6-12-27-19/h5-12,15-16,24H,13-14H2,1-4H3,(H,28,31)/t24-/m0/s1. The highest BCUT2D eigenvalue weighted by Crippen LogP contribution is 2.45. The Morgan fingerprint density at radius 3 is 2.60 bits per heavy atom. The van der Waals surface area contributed by atoms with Gasteiger partial charge < -0.3 is 19.7 Å². The SMILES string of the molecule is COc1ccc([C@H]2C(C(=O)OC(C)C)=C(C)N=C3SC=C(CC(=O)NCc4ccccn4)N32)cc1. The first-order chi connectivity index (χ1) is 16.9. The number of amides is 1. The van der Waals surface area contributed by atoms with E-state index in [-0.39, 0.29) is 18.4 Å². The second kappa shape index (κ2) is 10.8. The molecule has 0 aliphatic carbocycles. The lowest BCUT2D eigenvalue weighted by atomic mass is 9.93. The second-order valence-electron chi connectivity index (χ2n) is 8.39. The zero-order valence-corrected chi connectivity index (χ0v) is 21.0. The molecule has 1 N–H and O–H groups in total. The smallest absolute Gasteiger partial charge is 0.338 e. The number of hydrogen-bond donors (Lipinski definition) is 1. The minimum atomic E-state index is -0.482. The van der Waals surface area contributed by atoms with Gasteiger partial charge in [0.25, 0.3) is 0 Å². The minimum Gasteiger partial charge on any atom is -0.497 e. The van der Waals surface area contributed by atoms with Crippen LogP contribution in [-0.2, 0) is 20.9 Å². The van der Waals surface area contributed by atoms with E-state index in [1.54, 1.807) is 13.3 Å². The van der Waals surface area contributed by atoms with Gasteiger partial charge in [-0.05, 0) is 56.0 Å². The van der Waals surface area contributed by atoms with Gasteiger partial charge in [-0.25, -0.2) is 9.79 Å². The number of pyridine rings is 1. The normalized spacial score (nSPS) is 17.1. The van der Waals surface area contributed by atoms with Crippen LogP contribution < -0.4 is 10.1 Å². The van der Waals surface area contributed by atoms with Crippen molar-refractivity contribution < 1.29 is 19.1 Å². The summed E-state index contributed by atoms with van der Waals surface area (Å²) in [5.41, 5.74) is 3.47. The molecular formula is C26H28N4O4S. The lowest BCUT2D eigenvalue weighted by molar-refractivity contribution is -0.143. The van der Waals surface area contributed by atoms with Crippen LogP contribution in [0.25, 0.3) is 0 Å². The number of nitrogens with zero attached hydrogens (tertiary/aromatic N) is 3. The number of allylic oxidation sites excluding steroid dienone is 1. The molecule has 35 heavy (non-hydrogen) atoms. The number of methoxy groups -OCH3 is 1. The molecular weight excluding hydrogens is 464 g/mol. The van der Waals surface area contributed by atoms with Crippen LogP contribution in [0.5, 0.6) is 5.75 Å². The van der Waals surface area contributed by atoms with Gasteiger partial charge in [0.15, 0.2) is 5.17 Å². The molecule has 1 aromatic heterocycles. The Labute approximate surface area is 209 Å². The fraction of sp³-hybridized carbons (Fsp3) is 0.308. The highest BCUT2D eigenvalue weighted by molar-refractivity contribution is 8.16. The summed E-state index contributed by atoms with van der Waals surface area (Å²) in [6.45, 7) is 5.79. The Morgan fingerprint density at radius 1 is 1.17 bits per heavy atom. The zero-order chi connectivity index (χ0) is 24.9. The van der Waals surface area contributed by atoms with Crippen molar-refractivity contribution in [2.45, 2.75) is 45.9 Å². The number of carbonyl (C=O) groups is 2. The van der Waals surface area contributed by atoms with E-state index in [1.165, 1.54) is 11.8 Å². The van der Waals surface area contributed by atoms with Crippen molar-refractivity contribution in [3.8, 4) is 5.75 Å². The molecule has 1 aromatic carbocycles. The molecule has 182 valence electrons. The van der Waals surface area contributed by atoms with Crippen molar-refractivity contribution in [3.05, 3.63) is 82.3 Å². The number of benzene rings is 1. The van der Waals surface area contributed by atoms with Gasteiger partial charge in [0.1, 0.15) is 5.75 Å². The summed E-state index contributed by atoms with van der Waals surface area (Å²) in [5.74, 6) is 0.151. The summed E-state index contributed by atoms with van der Waals surface area (Å²) in [6.07, 6.45) is 1.56. The third kappa shape index (κ3) is 5.57. The molecule has 0 saturated heterocycles. The molecule has 3 heterocycles. The number of ether oxygens (including phenoxy) is 2. The Morgan fingerprint density at radius 2 is 1.94 bits per heavy atom. The number of rotatable bonds is 8. The summed E-state index contributed by atoms with van der Waals surface area (Å²) in [5, 5.41) is 5.56. The molecule has 9 heteroatoms. The summed E-state index contributed by atoms with van der Waals surface area (Å²) >= 11 is 1.44. The highest BCUT2D eigenvalue weighted by Gasteiger charge is 2.41. The number of fused-ring (bicyclic) bond motifs is 1. The van der Waals surface area contributed by atoms with Crippen LogP contribution in [0.15, 0.2) is 76.0 Å². The molecule has 1 amide bonds. The molecule has 2 aliphatic heterocycles. The van der Waals surface area contributed by atoms with E-state index in [9.17, 15) is 9.59 Å². The molecule has 0 unspecified atom stereocenters. The number of esters is 1. The quantitative estimate of drug-likeness (QED) is 0.549. The van der Waals surface area contributed by atoms with Gasteiger partial charge in [-0.2, -0.15) is 0 Å². The van der Waals surface area contributed by atoms with Crippen molar-refractivity contribution >= 4 is 28.8 Å². The van der Waals surface area contributed by atoms with Gasteiger partial charge in [0.2, 0.25) is 5.91 Å². The molecule has 2 aliphatic rings. The van der Waals surface area contributed by atoms with Crippen LogP contribution in [-0.4, -0.2) is 40.1 Å². The van der Waals surface area contributed by atoms with E-state index in [4.69, 9.17) is 9.47 Å². The van der Waals surface area contributed by atoms with Gasteiger partial charge in [0.05, 0.1) is 49.2 Å². The van der Waals surface area contributed by atoms with Gasteiger partial charge >= 0.3 is 5.97 Å². The van der Waals surface area contributed by atoms with Gasteiger partial charge in [-0.3, -0.25) is 9.78 Å². The number of amidine groups is 1. The maximum Gasteiger partial charge on any atom is 0.338 e. The van der Waals surface area contributed by atoms with E-state index < -0.39 is 12.0 Å². The molecule has 4 rings (SSSR count). The molecule has 0 fully saturated rings. The third-order valence-electron chi connectivity index (χ3n) is 5.53. The number of thioether (sulfide) groups is 1. The third-order valence-corrected chi connectivity index (χ3v) is 6.42. The average Bonchev–Trinajstić information content (AvgIpc) is 3.23. The molecule has 2 aromatic rings. The predicted molar refractivity (Wildman–Crippen MR) is 135 cm³/mol. The van der Waals surface area contributed by atoms with E-state index in [2.05, 4.69) is 15.3 Å². The van der Waals surface area contributed by atoms with Crippen LogP contribution in [0.1, 0.15) is 44.5 Å².